The third-order valence-electron chi connectivity index (χ3n) is 2.32. The lowest BCUT2D eigenvalue weighted by Gasteiger charge is -2.09. The molecule has 1 amide bonds. The Morgan fingerprint density at radius 2 is 2.26 bits per heavy atom. The molecule has 0 saturated heterocycles. The van der Waals surface area contributed by atoms with Gasteiger partial charge in [-0.3, -0.25) is 4.79 Å². The van der Waals surface area contributed by atoms with E-state index in [9.17, 15) is 9.18 Å². The maximum atomic E-state index is 13.6. The first-order valence-electron chi connectivity index (χ1n) is 5.63. The van der Waals surface area contributed by atoms with E-state index in [0.717, 1.165) is 0 Å². The van der Waals surface area contributed by atoms with Crippen molar-refractivity contribution >= 4 is 28.8 Å². The van der Waals surface area contributed by atoms with E-state index in [2.05, 4.69) is 10.6 Å². The summed E-state index contributed by atoms with van der Waals surface area (Å²) in [6.45, 7) is 0.829. The number of carbonyl (C=O) groups is 1. The number of nitrogens with one attached hydrogen (secondary N) is 2. The van der Waals surface area contributed by atoms with Crippen LogP contribution in [-0.4, -0.2) is 37.7 Å². The van der Waals surface area contributed by atoms with E-state index in [4.69, 9.17) is 22.7 Å². The van der Waals surface area contributed by atoms with E-state index < -0.39 is 5.82 Å². The number of hydrogen-bond donors (Lipinski definition) is 3. The van der Waals surface area contributed by atoms with Crippen LogP contribution in [0.3, 0.4) is 0 Å². The number of nitrogens with two attached hydrogens (primary N) is 1. The van der Waals surface area contributed by atoms with Crippen LogP contribution >= 0.6 is 12.2 Å². The van der Waals surface area contributed by atoms with E-state index >= 15 is 0 Å². The van der Waals surface area contributed by atoms with Crippen molar-refractivity contribution in [1.29, 1.82) is 0 Å². The van der Waals surface area contributed by atoms with Gasteiger partial charge < -0.3 is 21.1 Å². The molecule has 0 aliphatic rings. The summed E-state index contributed by atoms with van der Waals surface area (Å²) >= 11 is 4.75. The fraction of sp³-hybridized carbons (Fsp3) is 0.333. The average Bonchev–Trinajstić information content (AvgIpc) is 2.37. The molecule has 0 aliphatic carbocycles. The Labute approximate surface area is 116 Å². The van der Waals surface area contributed by atoms with Gasteiger partial charge >= 0.3 is 0 Å². The molecule has 19 heavy (non-hydrogen) atoms. The summed E-state index contributed by atoms with van der Waals surface area (Å²) in [5, 5.41) is 5.31. The summed E-state index contributed by atoms with van der Waals surface area (Å²) in [6, 6.07) is 4.32. The zero-order valence-corrected chi connectivity index (χ0v) is 11.3. The molecule has 7 heteroatoms. The number of rotatable bonds is 7. The molecule has 0 fully saturated rings. The van der Waals surface area contributed by atoms with Crippen molar-refractivity contribution in [2.45, 2.75) is 0 Å². The van der Waals surface area contributed by atoms with Crippen molar-refractivity contribution in [3.8, 4) is 0 Å². The molecular weight excluding hydrogens is 269 g/mol. The molecule has 0 spiro atoms. The monoisotopic (exact) mass is 285 g/mol. The van der Waals surface area contributed by atoms with Gasteiger partial charge in [0.25, 0.3) is 0 Å². The summed E-state index contributed by atoms with van der Waals surface area (Å²) < 4.78 is 18.4. The van der Waals surface area contributed by atoms with Gasteiger partial charge in [-0.1, -0.05) is 12.2 Å². The summed E-state index contributed by atoms with van der Waals surface area (Å²) in [5.41, 5.74) is 6.06. The third-order valence-corrected chi connectivity index (χ3v) is 2.56. The molecule has 0 unspecified atom stereocenters. The van der Waals surface area contributed by atoms with E-state index in [1.165, 1.54) is 12.1 Å². The highest BCUT2D eigenvalue weighted by Crippen LogP contribution is 2.15. The number of methoxy groups -OCH3 is 1. The first-order chi connectivity index (χ1) is 9.04. The Morgan fingerprint density at radius 1 is 1.53 bits per heavy atom. The minimum absolute atomic E-state index is 0.0208. The molecule has 0 bridgehead atoms. The Kier molecular flexibility index (Phi) is 6.17. The van der Waals surface area contributed by atoms with Gasteiger partial charge in [-0.25, -0.2) is 4.39 Å². The molecule has 1 aromatic rings. The molecule has 0 atom stereocenters. The summed E-state index contributed by atoms with van der Waals surface area (Å²) in [5.74, 6) is -0.745. The Morgan fingerprint density at radius 3 is 2.84 bits per heavy atom. The molecule has 0 radical (unpaired) electrons. The van der Waals surface area contributed by atoms with E-state index in [-0.39, 0.29) is 23.1 Å². The fourth-order valence-electron chi connectivity index (χ4n) is 1.34. The van der Waals surface area contributed by atoms with Crippen molar-refractivity contribution in [1.82, 2.24) is 5.32 Å². The van der Waals surface area contributed by atoms with Crippen molar-refractivity contribution < 1.29 is 13.9 Å². The first-order valence-corrected chi connectivity index (χ1v) is 6.04. The molecule has 0 aromatic heterocycles. The quantitative estimate of drug-likeness (QED) is 0.506. The van der Waals surface area contributed by atoms with Crippen LogP contribution in [0, 0.1) is 5.82 Å². The summed E-state index contributed by atoms with van der Waals surface area (Å²) in [4.78, 5) is 11.5. The number of amides is 1. The third kappa shape index (κ3) is 5.19. The molecule has 4 N–H and O–H groups in total. The molecule has 0 aliphatic heterocycles. The lowest BCUT2D eigenvalue weighted by Crippen LogP contribution is -2.32. The van der Waals surface area contributed by atoms with Crippen molar-refractivity contribution in [3.63, 3.8) is 0 Å². The second-order valence-corrected chi connectivity index (χ2v) is 4.20. The van der Waals surface area contributed by atoms with Gasteiger partial charge in [-0.15, -0.1) is 0 Å². The SMILES string of the molecule is COCCNC(=O)CNc1ccc(C(N)=S)cc1F. The van der Waals surface area contributed by atoms with Gasteiger partial charge in [0.05, 0.1) is 18.8 Å². The number of hydrogen-bond acceptors (Lipinski definition) is 4. The predicted octanol–water partition coefficient (Wildman–Crippen LogP) is 0.634. The van der Waals surface area contributed by atoms with E-state index in [0.29, 0.717) is 18.7 Å². The number of benzene rings is 1. The number of halogens is 1. The normalized spacial score (nSPS) is 10.0. The zero-order valence-electron chi connectivity index (χ0n) is 10.5. The predicted molar refractivity (Wildman–Crippen MR) is 75.7 cm³/mol. The van der Waals surface area contributed by atoms with Gasteiger partial charge in [0, 0.05) is 19.2 Å². The van der Waals surface area contributed by atoms with Crippen molar-refractivity contribution in [2.75, 3.05) is 32.1 Å². The molecule has 0 saturated carbocycles. The minimum atomic E-state index is -0.505. The average molecular weight is 285 g/mol. The van der Waals surface area contributed by atoms with Crippen LogP contribution in [0.15, 0.2) is 18.2 Å². The van der Waals surface area contributed by atoms with Gasteiger partial charge in [0.15, 0.2) is 0 Å². The van der Waals surface area contributed by atoms with Gasteiger partial charge in [-0.05, 0) is 18.2 Å². The molecule has 1 rings (SSSR count). The highest BCUT2D eigenvalue weighted by molar-refractivity contribution is 7.80. The van der Waals surface area contributed by atoms with Gasteiger partial charge in [0.1, 0.15) is 10.8 Å². The number of carbonyl (C=O) groups excluding carboxylic acids is 1. The topological polar surface area (TPSA) is 76.4 Å². The van der Waals surface area contributed by atoms with Crippen LogP contribution < -0.4 is 16.4 Å². The first kappa shape index (κ1) is 15.3. The highest BCUT2D eigenvalue weighted by Gasteiger charge is 2.06. The minimum Gasteiger partial charge on any atom is -0.389 e. The van der Waals surface area contributed by atoms with E-state index in [1.54, 1.807) is 13.2 Å². The van der Waals surface area contributed by atoms with Crippen LogP contribution in [0.4, 0.5) is 10.1 Å². The lowest BCUT2D eigenvalue weighted by atomic mass is 10.2. The Bertz CT molecular complexity index is 468. The van der Waals surface area contributed by atoms with Crippen molar-refractivity contribution in [3.05, 3.63) is 29.6 Å². The van der Waals surface area contributed by atoms with Crippen molar-refractivity contribution in [2.24, 2.45) is 5.73 Å². The van der Waals surface area contributed by atoms with E-state index in [1.807, 2.05) is 0 Å². The Balaban J connectivity index is 2.49. The maximum absolute atomic E-state index is 13.6. The molecule has 0 heterocycles. The molecule has 1 aromatic carbocycles. The second-order valence-electron chi connectivity index (χ2n) is 3.76. The standard InChI is InChI=1S/C12H16FN3O2S/c1-18-5-4-15-11(17)7-16-10-3-2-8(12(14)19)6-9(10)13/h2-3,6,16H,4-5,7H2,1H3,(H2,14,19)(H,15,17). The number of ether oxygens (including phenoxy) is 1. The van der Waals surface area contributed by atoms with Crippen LogP contribution in [-0.2, 0) is 9.53 Å². The highest BCUT2D eigenvalue weighted by atomic mass is 32.1. The van der Waals surface area contributed by atoms with Crippen LogP contribution in [0.2, 0.25) is 0 Å². The number of thiocarbonyl (C=S) groups is 1. The van der Waals surface area contributed by atoms with Crippen LogP contribution in [0.5, 0.6) is 0 Å². The van der Waals surface area contributed by atoms with Crippen LogP contribution in [0.25, 0.3) is 0 Å². The lowest BCUT2D eigenvalue weighted by molar-refractivity contribution is -0.119. The Hall–Kier alpha value is -1.73. The smallest absolute Gasteiger partial charge is 0.239 e. The fourth-order valence-corrected chi connectivity index (χ4v) is 1.47. The van der Waals surface area contributed by atoms with Crippen LogP contribution in [0.1, 0.15) is 5.56 Å². The summed E-state index contributed by atoms with van der Waals surface area (Å²) in [6.07, 6.45) is 0. The largest absolute Gasteiger partial charge is 0.389 e. The molecule has 5 nitrogen and oxygen atoms in total. The maximum Gasteiger partial charge on any atom is 0.239 e. The van der Waals surface area contributed by atoms with Gasteiger partial charge in [-0.2, -0.15) is 0 Å². The molecule has 104 valence electrons. The number of anilines is 1. The molecular formula is C12H16FN3O2S. The van der Waals surface area contributed by atoms with Gasteiger partial charge in [0.2, 0.25) is 5.91 Å². The summed E-state index contributed by atoms with van der Waals surface area (Å²) in [7, 11) is 1.54. The zero-order chi connectivity index (χ0) is 14.3. The second kappa shape index (κ2) is 7.65.